The van der Waals surface area contributed by atoms with Gasteiger partial charge in [0.25, 0.3) is 0 Å². The lowest BCUT2D eigenvalue weighted by Gasteiger charge is -2.26. The van der Waals surface area contributed by atoms with Gasteiger partial charge in [-0.05, 0) is 55.7 Å². The maximum absolute atomic E-state index is 13.3. The zero-order valence-corrected chi connectivity index (χ0v) is 20.3. The molecule has 4 rings (SSSR count). The third-order valence-corrected chi connectivity index (χ3v) is 9.70. The van der Waals surface area contributed by atoms with E-state index in [1.165, 1.54) is 10.6 Å². The van der Waals surface area contributed by atoms with Crippen LogP contribution in [0.3, 0.4) is 0 Å². The van der Waals surface area contributed by atoms with Crippen molar-refractivity contribution in [3.8, 4) is 0 Å². The number of rotatable bonds is 9. The second kappa shape index (κ2) is 10.9. The Morgan fingerprint density at radius 3 is 1.70 bits per heavy atom. The third kappa shape index (κ3) is 6.39. The summed E-state index contributed by atoms with van der Waals surface area (Å²) in [6.07, 6.45) is 1.34. The highest BCUT2D eigenvalue weighted by Crippen LogP contribution is 2.35. The first-order chi connectivity index (χ1) is 16.0. The maximum Gasteiger partial charge on any atom is 0.240 e. The quantitative estimate of drug-likeness (QED) is 0.347. The molecular weight excluding hydrogens is 445 g/mol. The molecule has 168 valence electrons. The summed E-state index contributed by atoms with van der Waals surface area (Å²) in [6, 6.07) is 37.7. The van der Waals surface area contributed by atoms with Crippen molar-refractivity contribution in [3.05, 3.63) is 126 Å². The Labute approximate surface area is 198 Å². The molecule has 0 fully saturated rings. The molecule has 0 bridgehead atoms. The highest BCUT2D eigenvalue weighted by atomic mass is 32.2. The summed E-state index contributed by atoms with van der Waals surface area (Å²) >= 11 is 0. The number of hydrogen-bond donors (Lipinski definition) is 1. The Morgan fingerprint density at radius 1 is 0.697 bits per heavy atom. The van der Waals surface area contributed by atoms with Gasteiger partial charge in [-0.15, -0.1) is 0 Å². The van der Waals surface area contributed by atoms with Crippen molar-refractivity contribution in [2.24, 2.45) is 0 Å². The molecule has 0 heterocycles. The van der Waals surface area contributed by atoms with Crippen molar-refractivity contribution < 1.29 is 8.42 Å². The van der Waals surface area contributed by atoms with Gasteiger partial charge in [0, 0.05) is 6.04 Å². The fraction of sp³-hybridized carbons (Fsp3) is 0.143. The zero-order chi connectivity index (χ0) is 23.1. The Bertz CT molecular complexity index is 1210. The van der Waals surface area contributed by atoms with Crippen LogP contribution in [0.2, 0.25) is 0 Å². The molecule has 0 aliphatic heterocycles. The van der Waals surface area contributed by atoms with Crippen LogP contribution in [-0.2, 0) is 16.4 Å². The molecule has 1 N–H and O–H groups in total. The van der Waals surface area contributed by atoms with Crippen LogP contribution in [0.1, 0.15) is 11.1 Å². The molecule has 4 aromatic carbocycles. The van der Waals surface area contributed by atoms with Crippen molar-refractivity contribution in [1.82, 2.24) is 4.72 Å². The van der Waals surface area contributed by atoms with Crippen molar-refractivity contribution >= 4 is 28.6 Å². The van der Waals surface area contributed by atoms with Gasteiger partial charge in [-0.3, -0.25) is 0 Å². The van der Waals surface area contributed by atoms with E-state index in [2.05, 4.69) is 65.4 Å². The standard InChI is InChI=1S/C28H28NO2PS/c1-23-17-19-28(20-18-23)33(30,31)29-25(21-24-11-5-2-6-12-24)22-32(26-13-7-3-8-14-26)27-15-9-4-10-16-27/h2-20,25,29H,21-22H2,1H3/t25-/m0/s1. The summed E-state index contributed by atoms with van der Waals surface area (Å²) in [5.41, 5.74) is 2.15. The van der Waals surface area contributed by atoms with Crippen LogP contribution in [0.5, 0.6) is 0 Å². The lowest BCUT2D eigenvalue weighted by molar-refractivity contribution is 0.561. The Hall–Kier alpha value is -2.78. The fourth-order valence-electron chi connectivity index (χ4n) is 3.84. The Balaban J connectivity index is 1.68. The number of nitrogens with one attached hydrogen (secondary N) is 1. The molecule has 0 saturated carbocycles. The monoisotopic (exact) mass is 473 g/mol. The number of benzene rings is 4. The summed E-state index contributed by atoms with van der Waals surface area (Å²) in [7, 11) is -4.39. The van der Waals surface area contributed by atoms with Crippen LogP contribution in [0.4, 0.5) is 0 Å². The minimum Gasteiger partial charge on any atom is -0.207 e. The van der Waals surface area contributed by atoms with Gasteiger partial charge in [0.05, 0.1) is 4.90 Å². The van der Waals surface area contributed by atoms with E-state index in [9.17, 15) is 8.42 Å². The molecule has 3 nitrogen and oxygen atoms in total. The molecule has 0 radical (unpaired) electrons. The molecule has 1 atom stereocenters. The zero-order valence-electron chi connectivity index (χ0n) is 18.6. The smallest absolute Gasteiger partial charge is 0.207 e. The van der Waals surface area contributed by atoms with E-state index in [4.69, 9.17) is 0 Å². The number of hydrogen-bond acceptors (Lipinski definition) is 2. The van der Waals surface area contributed by atoms with Gasteiger partial charge in [0.2, 0.25) is 10.0 Å². The van der Waals surface area contributed by atoms with E-state index < -0.39 is 17.9 Å². The largest absolute Gasteiger partial charge is 0.240 e. The van der Waals surface area contributed by atoms with Gasteiger partial charge >= 0.3 is 0 Å². The van der Waals surface area contributed by atoms with Gasteiger partial charge in [-0.2, -0.15) is 0 Å². The molecular formula is C28H28NO2PS. The Morgan fingerprint density at radius 2 is 1.18 bits per heavy atom. The highest BCUT2D eigenvalue weighted by Gasteiger charge is 2.25. The lowest BCUT2D eigenvalue weighted by Crippen LogP contribution is -2.40. The predicted octanol–water partition coefficient (Wildman–Crippen LogP) is 5.02. The van der Waals surface area contributed by atoms with Gasteiger partial charge < -0.3 is 0 Å². The number of aryl methyl sites for hydroxylation is 1. The summed E-state index contributed by atoms with van der Waals surface area (Å²) in [6.45, 7) is 1.95. The summed E-state index contributed by atoms with van der Waals surface area (Å²) in [5.74, 6) is 0. The maximum atomic E-state index is 13.3. The summed E-state index contributed by atoms with van der Waals surface area (Å²) in [4.78, 5) is 0.301. The van der Waals surface area contributed by atoms with Crippen molar-refractivity contribution in [2.75, 3.05) is 6.16 Å². The van der Waals surface area contributed by atoms with E-state index in [0.29, 0.717) is 17.5 Å². The van der Waals surface area contributed by atoms with Crippen LogP contribution in [0, 0.1) is 6.92 Å². The van der Waals surface area contributed by atoms with E-state index in [-0.39, 0.29) is 6.04 Å². The van der Waals surface area contributed by atoms with Crippen molar-refractivity contribution in [1.29, 1.82) is 0 Å². The molecule has 0 spiro atoms. The SMILES string of the molecule is Cc1ccc(S(=O)(=O)N[C@@H](Cc2ccccc2)CP(c2ccccc2)c2ccccc2)cc1. The molecule has 0 unspecified atom stereocenters. The van der Waals surface area contributed by atoms with Crippen LogP contribution in [-0.4, -0.2) is 20.6 Å². The topological polar surface area (TPSA) is 46.2 Å². The van der Waals surface area contributed by atoms with Gasteiger partial charge in [0.1, 0.15) is 0 Å². The van der Waals surface area contributed by atoms with Gasteiger partial charge in [-0.25, -0.2) is 13.1 Å². The first kappa shape index (κ1) is 23.4. The molecule has 0 amide bonds. The molecule has 0 aromatic heterocycles. The number of sulfonamides is 1. The van der Waals surface area contributed by atoms with Crippen molar-refractivity contribution in [3.63, 3.8) is 0 Å². The molecule has 5 heteroatoms. The first-order valence-corrected chi connectivity index (χ1v) is 14.0. The van der Waals surface area contributed by atoms with Crippen LogP contribution in [0.25, 0.3) is 0 Å². The van der Waals surface area contributed by atoms with E-state index in [0.717, 1.165) is 11.1 Å². The average Bonchev–Trinajstić information content (AvgIpc) is 2.84. The van der Waals surface area contributed by atoms with Crippen LogP contribution >= 0.6 is 7.92 Å². The minimum absolute atomic E-state index is 0.245. The molecule has 33 heavy (non-hydrogen) atoms. The third-order valence-electron chi connectivity index (χ3n) is 5.52. The molecule has 0 aliphatic carbocycles. The predicted molar refractivity (Wildman–Crippen MR) is 139 cm³/mol. The van der Waals surface area contributed by atoms with E-state index >= 15 is 0 Å². The highest BCUT2D eigenvalue weighted by molar-refractivity contribution is 7.89. The van der Waals surface area contributed by atoms with Crippen LogP contribution < -0.4 is 15.3 Å². The lowest BCUT2D eigenvalue weighted by atomic mass is 10.1. The van der Waals surface area contributed by atoms with Crippen LogP contribution in [0.15, 0.2) is 120 Å². The molecule has 0 saturated heterocycles. The normalized spacial score (nSPS) is 12.5. The second-order valence-electron chi connectivity index (χ2n) is 8.10. The molecule has 4 aromatic rings. The summed E-state index contributed by atoms with van der Waals surface area (Å²) < 4.78 is 29.6. The summed E-state index contributed by atoms with van der Waals surface area (Å²) in [5, 5.41) is 2.48. The van der Waals surface area contributed by atoms with E-state index in [1.807, 2.05) is 49.4 Å². The fourth-order valence-corrected chi connectivity index (χ4v) is 7.65. The second-order valence-corrected chi connectivity index (χ2v) is 12.1. The van der Waals surface area contributed by atoms with Gasteiger partial charge in [0.15, 0.2) is 0 Å². The van der Waals surface area contributed by atoms with Gasteiger partial charge in [-0.1, -0.05) is 109 Å². The van der Waals surface area contributed by atoms with Crippen molar-refractivity contribution in [2.45, 2.75) is 24.3 Å². The Kier molecular flexibility index (Phi) is 7.72. The van der Waals surface area contributed by atoms with E-state index in [1.54, 1.807) is 12.1 Å². The minimum atomic E-state index is -3.65. The average molecular weight is 474 g/mol. The molecule has 0 aliphatic rings. The first-order valence-electron chi connectivity index (χ1n) is 11.0.